The third kappa shape index (κ3) is 2.92. The lowest BCUT2D eigenvalue weighted by Crippen LogP contribution is -2.30. The van der Waals surface area contributed by atoms with Crippen LogP contribution < -0.4 is 0 Å². The van der Waals surface area contributed by atoms with Crippen molar-refractivity contribution < 1.29 is 9.47 Å². The summed E-state index contributed by atoms with van der Waals surface area (Å²) >= 11 is 0. The number of hydrogen-bond acceptors (Lipinski definition) is 2. The maximum atomic E-state index is 5.69. The lowest BCUT2D eigenvalue weighted by Gasteiger charge is -2.29. The smallest absolute Gasteiger partial charge is 0.157 e. The molecule has 3 rings (SSSR count). The van der Waals surface area contributed by atoms with Gasteiger partial charge >= 0.3 is 0 Å². The van der Waals surface area contributed by atoms with Gasteiger partial charge in [0.2, 0.25) is 0 Å². The van der Waals surface area contributed by atoms with Crippen LogP contribution in [0.1, 0.15) is 24.8 Å². The van der Waals surface area contributed by atoms with E-state index in [2.05, 4.69) is 55.5 Å². The zero-order valence-electron chi connectivity index (χ0n) is 11.8. The van der Waals surface area contributed by atoms with E-state index in [1.54, 1.807) is 0 Å². The topological polar surface area (TPSA) is 18.5 Å². The van der Waals surface area contributed by atoms with Crippen molar-refractivity contribution in [3.05, 3.63) is 60.2 Å². The molecule has 0 N–H and O–H groups in total. The fourth-order valence-electron chi connectivity index (χ4n) is 2.55. The summed E-state index contributed by atoms with van der Waals surface area (Å²) in [6.45, 7) is 3.59. The van der Waals surface area contributed by atoms with Crippen LogP contribution in [0.3, 0.4) is 0 Å². The molecule has 1 saturated heterocycles. The van der Waals surface area contributed by atoms with Gasteiger partial charge in [-0.05, 0) is 23.1 Å². The molecule has 2 aromatic carbocycles. The molecule has 0 atom stereocenters. The summed E-state index contributed by atoms with van der Waals surface area (Å²) in [5.74, 6) is 0.350. The molecule has 1 fully saturated rings. The fourth-order valence-corrected chi connectivity index (χ4v) is 2.55. The molecule has 0 bridgehead atoms. The molecular weight excluding hydrogens is 248 g/mol. The van der Waals surface area contributed by atoms with Crippen LogP contribution in [0.2, 0.25) is 0 Å². The summed E-state index contributed by atoms with van der Waals surface area (Å²) < 4.78 is 11.4. The van der Waals surface area contributed by atoms with E-state index < -0.39 is 0 Å². The molecule has 0 radical (unpaired) electrons. The minimum atomic E-state index is -0.0187. The zero-order chi connectivity index (χ0) is 13.8. The Kier molecular flexibility index (Phi) is 4.14. The van der Waals surface area contributed by atoms with Crippen molar-refractivity contribution in [1.82, 2.24) is 0 Å². The second-order valence-electron chi connectivity index (χ2n) is 5.19. The molecule has 0 spiro atoms. The third-order valence-corrected chi connectivity index (χ3v) is 3.79. The molecule has 104 valence electrons. The summed E-state index contributed by atoms with van der Waals surface area (Å²) in [4.78, 5) is 0. The van der Waals surface area contributed by atoms with Crippen molar-refractivity contribution >= 4 is 0 Å². The molecule has 2 heteroatoms. The first-order valence-electron chi connectivity index (χ1n) is 7.25. The van der Waals surface area contributed by atoms with Crippen molar-refractivity contribution in [3.8, 4) is 11.1 Å². The molecule has 0 amide bonds. The van der Waals surface area contributed by atoms with Gasteiger partial charge in [-0.2, -0.15) is 0 Å². The Bertz CT molecular complexity index is 525. The van der Waals surface area contributed by atoms with Gasteiger partial charge in [0.05, 0.1) is 13.2 Å². The molecule has 0 aromatic heterocycles. The maximum absolute atomic E-state index is 5.69. The van der Waals surface area contributed by atoms with Crippen molar-refractivity contribution in [2.45, 2.75) is 25.6 Å². The average molecular weight is 268 g/mol. The standard InChI is InChI=1S/C18H20O2/c1-2-18-19-12-17(13-20-18)16-10-8-15(9-11-16)14-6-4-3-5-7-14/h3-11,17-18H,2,12-13H2,1H3. The second-order valence-corrected chi connectivity index (χ2v) is 5.19. The van der Waals surface area contributed by atoms with E-state index in [0.717, 1.165) is 19.6 Å². The van der Waals surface area contributed by atoms with E-state index in [-0.39, 0.29) is 6.29 Å². The van der Waals surface area contributed by atoms with Crippen molar-refractivity contribution in [1.29, 1.82) is 0 Å². The first kappa shape index (κ1) is 13.3. The van der Waals surface area contributed by atoms with E-state index >= 15 is 0 Å². The van der Waals surface area contributed by atoms with Crippen LogP contribution in [0.15, 0.2) is 54.6 Å². The summed E-state index contributed by atoms with van der Waals surface area (Å²) in [6.07, 6.45) is 0.898. The highest BCUT2D eigenvalue weighted by atomic mass is 16.7. The van der Waals surface area contributed by atoms with Crippen LogP contribution in [-0.2, 0) is 9.47 Å². The lowest BCUT2D eigenvalue weighted by atomic mass is 9.97. The van der Waals surface area contributed by atoms with Gasteiger partial charge in [-0.15, -0.1) is 0 Å². The highest BCUT2D eigenvalue weighted by molar-refractivity contribution is 5.63. The van der Waals surface area contributed by atoms with E-state index in [1.165, 1.54) is 16.7 Å². The molecule has 0 unspecified atom stereocenters. The first-order chi connectivity index (χ1) is 9.86. The number of benzene rings is 2. The molecule has 1 heterocycles. The fraction of sp³-hybridized carbons (Fsp3) is 0.333. The quantitative estimate of drug-likeness (QED) is 0.829. The van der Waals surface area contributed by atoms with Gasteiger partial charge in [0.15, 0.2) is 6.29 Å². The third-order valence-electron chi connectivity index (χ3n) is 3.79. The van der Waals surface area contributed by atoms with Crippen LogP contribution in [0, 0.1) is 0 Å². The Balaban J connectivity index is 1.71. The lowest BCUT2D eigenvalue weighted by molar-refractivity contribution is -0.187. The summed E-state index contributed by atoms with van der Waals surface area (Å²) in [6, 6.07) is 19.2. The van der Waals surface area contributed by atoms with Gasteiger partial charge in [0.1, 0.15) is 0 Å². The minimum absolute atomic E-state index is 0.0187. The number of hydrogen-bond donors (Lipinski definition) is 0. The maximum Gasteiger partial charge on any atom is 0.157 e. The molecular formula is C18H20O2. The van der Waals surface area contributed by atoms with Gasteiger partial charge in [-0.1, -0.05) is 61.5 Å². The van der Waals surface area contributed by atoms with Crippen molar-refractivity contribution in [3.63, 3.8) is 0 Å². The zero-order valence-corrected chi connectivity index (χ0v) is 11.8. The highest BCUT2D eigenvalue weighted by Crippen LogP contribution is 2.26. The highest BCUT2D eigenvalue weighted by Gasteiger charge is 2.22. The summed E-state index contributed by atoms with van der Waals surface area (Å²) in [5, 5.41) is 0. The van der Waals surface area contributed by atoms with E-state index in [9.17, 15) is 0 Å². The number of ether oxygens (including phenoxy) is 2. The van der Waals surface area contributed by atoms with Gasteiger partial charge in [0, 0.05) is 5.92 Å². The number of rotatable bonds is 3. The van der Waals surface area contributed by atoms with Gasteiger partial charge in [-0.3, -0.25) is 0 Å². The monoisotopic (exact) mass is 268 g/mol. The minimum Gasteiger partial charge on any atom is -0.352 e. The van der Waals surface area contributed by atoms with E-state index in [0.29, 0.717) is 5.92 Å². The molecule has 0 saturated carbocycles. The van der Waals surface area contributed by atoms with E-state index in [4.69, 9.17) is 9.47 Å². The van der Waals surface area contributed by atoms with Crippen LogP contribution in [0.4, 0.5) is 0 Å². The largest absolute Gasteiger partial charge is 0.352 e. The predicted molar refractivity (Wildman–Crippen MR) is 80.6 cm³/mol. The Morgan fingerprint density at radius 2 is 1.45 bits per heavy atom. The van der Waals surface area contributed by atoms with Gasteiger partial charge < -0.3 is 9.47 Å². The van der Waals surface area contributed by atoms with Gasteiger partial charge in [0.25, 0.3) is 0 Å². The Morgan fingerprint density at radius 1 is 0.850 bits per heavy atom. The van der Waals surface area contributed by atoms with Crippen LogP contribution >= 0.6 is 0 Å². The second kappa shape index (κ2) is 6.21. The first-order valence-corrected chi connectivity index (χ1v) is 7.25. The summed E-state index contributed by atoms with van der Waals surface area (Å²) in [7, 11) is 0. The normalized spacial score (nSPS) is 22.6. The van der Waals surface area contributed by atoms with Crippen LogP contribution in [-0.4, -0.2) is 19.5 Å². The van der Waals surface area contributed by atoms with Crippen LogP contribution in [0.5, 0.6) is 0 Å². The predicted octanol–water partition coefficient (Wildman–Crippen LogP) is 4.22. The molecule has 1 aliphatic heterocycles. The summed E-state index contributed by atoms with van der Waals surface area (Å²) in [5.41, 5.74) is 3.79. The Morgan fingerprint density at radius 3 is 2.05 bits per heavy atom. The SMILES string of the molecule is CCC1OCC(c2ccc(-c3ccccc3)cc2)CO1. The Labute approximate surface area is 120 Å². The average Bonchev–Trinajstić information content (AvgIpc) is 2.56. The van der Waals surface area contributed by atoms with Crippen LogP contribution in [0.25, 0.3) is 11.1 Å². The Hall–Kier alpha value is -1.64. The van der Waals surface area contributed by atoms with E-state index in [1.807, 2.05) is 6.07 Å². The van der Waals surface area contributed by atoms with Crippen molar-refractivity contribution in [2.24, 2.45) is 0 Å². The molecule has 2 nitrogen and oxygen atoms in total. The molecule has 20 heavy (non-hydrogen) atoms. The van der Waals surface area contributed by atoms with Crippen molar-refractivity contribution in [2.75, 3.05) is 13.2 Å². The molecule has 1 aliphatic rings. The molecule has 0 aliphatic carbocycles. The molecule has 2 aromatic rings. The van der Waals surface area contributed by atoms with Gasteiger partial charge in [-0.25, -0.2) is 0 Å².